The van der Waals surface area contributed by atoms with Crippen LogP contribution in [0.1, 0.15) is 68.8 Å². The first-order valence-electron chi connectivity index (χ1n) is 12.5. The van der Waals surface area contributed by atoms with E-state index >= 15 is 0 Å². The van der Waals surface area contributed by atoms with Gasteiger partial charge in [-0.25, -0.2) is 13.2 Å². The number of benzene rings is 2. The third kappa shape index (κ3) is 5.98. The van der Waals surface area contributed by atoms with Gasteiger partial charge in [0.15, 0.2) is 0 Å². The van der Waals surface area contributed by atoms with Crippen molar-refractivity contribution < 1.29 is 18.3 Å². The first kappa shape index (κ1) is 25.5. The number of carboxylic acid groups (broad SMARTS) is 1. The van der Waals surface area contributed by atoms with Gasteiger partial charge in [-0.15, -0.1) is 0 Å². The molecule has 7 nitrogen and oxygen atoms in total. The van der Waals surface area contributed by atoms with Crippen molar-refractivity contribution >= 4 is 27.4 Å². The number of aromatic carboxylic acids is 1. The second-order valence-corrected chi connectivity index (χ2v) is 12.4. The van der Waals surface area contributed by atoms with Gasteiger partial charge in [-0.2, -0.15) is 0 Å². The second kappa shape index (κ2) is 10.2. The molecule has 190 valence electrons. The largest absolute Gasteiger partial charge is 0.478 e. The average Bonchev–Trinajstić information content (AvgIpc) is 2.84. The molecule has 1 heterocycles. The molecular weight excluding hydrogens is 462 g/mol. The van der Waals surface area contributed by atoms with Crippen molar-refractivity contribution in [3.8, 4) is 0 Å². The van der Waals surface area contributed by atoms with E-state index in [-0.39, 0.29) is 21.6 Å². The van der Waals surface area contributed by atoms with Gasteiger partial charge in [0.25, 0.3) is 10.0 Å². The molecule has 35 heavy (non-hydrogen) atoms. The third-order valence-corrected chi connectivity index (χ3v) is 8.65. The van der Waals surface area contributed by atoms with Crippen molar-refractivity contribution in [2.24, 2.45) is 0 Å². The molecule has 2 N–H and O–H groups in total. The van der Waals surface area contributed by atoms with Gasteiger partial charge < -0.3 is 10.0 Å². The third-order valence-electron chi connectivity index (χ3n) is 7.26. The van der Waals surface area contributed by atoms with Gasteiger partial charge in [-0.3, -0.25) is 9.62 Å². The Kier molecular flexibility index (Phi) is 7.43. The Bertz CT molecular complexity index is 1140. The Morgan fingerprint density at radius 2 is 1.57 bits per heavy atom. The average molecular weight is 500 g/mol. The van der Waals surface area contributed by atoms with Crippen molar-refractivity contribution in [1.29, 1.82) is 0 Å². The number of hydrogen-bond donors (Lipinski definition) is 2. The van der Waals surface area contributed by atoms with E-state index in [1.54, 1.807) is 24.3 Å². The summed E-state index contributed by atoms with van der Waals surface area (Å²) in [5, 5.41) is 9.88. The molecule has 1 aliphatic carbocycles. The van der Waals surface area contributed by atoms with Gasteiger partial charge in [0, 0.05) is 37.9 Å². The van der Waals surface area contributed by atoms with Gasteiger partial charge in [-0.1, -0.05) is 52.2 Å². The Labute approximate surface area is 209 Å². The smallest absolute Gasteiger partial charge is 0.337 e. The highest BCUT2D eigenvalue weighted by Crippen LogP contribution is 2.30. The molecule has 0 atom stereocenters. The minimum absolute atomic E-state index is 0.0795. The Balaban J connectivity index is 1.48. The lowest BCUT2D eigenvalue weighted by Gasteiger charge is -2.41. The Morgan fingerprint density at radius 1 is 0.943 bits per heavy atom. The van der Waals surface area contributed by atoms with Gasteiger partial charge in [0.2, 0.25) is 0 Å². The summed E-state index contributed by atoms with van der Waals surface area (Å²) in [5.41, 5.74) is 1.95. The predicted molar refractivity (Wildman–Crippen MR) is 140 cm³/mol. The maximum Gasteiger partial charge on any atom is 0.337 e. The first-order chi connectivity index (χ1) is 16.5. The topological polar surface area (TPSA) is 90.0 Å². The van der Waals surface area contributed by atoms with Crippen molar-refractivity contribution in [2.75, 3.05) is 35.8 Å². The molecule has 4 rings (SSSR count). The lowest BCUT2D eigenvalue weighted by atomic mass is 9.87. The molecule has 0 bridgehead atoms. The monoisotopic (exact) mass is 499 g/mol. The van der Waals surface area contributed by atoms with E-state index in [0.717, 1.165) is 31.7 Å². The summed E-state index contributed by atoms with van der Waals surface area (Å²) in [6.45, 7) is 9.58. The van der Waals surface area contributed by atoms with Gasteiger partial charge in [-0.05, 0) is 54.2 Å². The summed E-state index contributed by atoms with van der Waals surface area (Å²) in [4.78, 5) is 16.9. The second-order valence-electron chi connectivity index (χ2n) is 10.7. The molecular formula is C27H37N3O4S. The lowest BCUT2D eigenvalue weighted by Crippen LogP contribution is -2.51. The van der Waals surface area contributed by atoms with E-state index in [0.29, 0.717) is 11.7 Å². The molecule has 1 aliphatic heterocycles. The molecule has 2 fully saturated rings. The standard InChI is InChI=1S/C27H37N3O4S/c1-27(2,3)20-9-12-23(13-10-20)35(33,34)28-21-11-14-25(24(19-21)26(31)32)30-17-15-29(16-18-30)22-7-5-4-6-8-22/h9-14,19,22,28H,4-8,15-18H2,1-3H3,(H,31,32). The van der Waals surface area contributed by atoms with Crippen LogP contribution in [0.15, 0.2) is 47.4 Å². The normalized spacial score (nSPS) is 18.4. The highest BCUT2D eigenvalue weighted by molar-refractivity contribution is 7.92. The highest BCUT2D eigenvalue weighted by atomic mass is 32.2. The zero-order valence-electron chi connectivity index (χ0n) is 21.0. The molecule has 0 aromatic heterocycles. The number of carbonyl (C=O) groups is 1. The van der Waals surface area contributed by atoms with Crippen molar-refractivity contribution in [3.63, 3.8) is 0 Å². The minimum atomic E-state index is -3.84. The van der Waals surface area contributed by atoms with Crippen LogP contribution in [0, 0.1) is 0 Å². The Morgan fingerprint density at radius 3 is 2.14 bits per heavy atom. The summed E-state index contributed by atoms with van der Waals surface area (Å²) in [6.07, 6.45) is 6.44. The van der Waals surface area contributed by atoms with Crippen molar-refractivity contribution in [3.05, 3.63) is 53.6 Å². The van der Waals surface area contributed by atoms with E-state index in [1.807, 2.05) is 12.1 Å². The van der Waals surface area contributed by atoms with Crippen LogP contribution < -0.4 is 9.62 Å². The number of nitrogens with one attached hydrogen (secondary N) is 1. The number of piperazine rings is 1. The number of hydrogen-bond acceptors (Lipinski definition) is 5. The fourth-order valence-electron chi connectivity index (χ4n) is 5.17. The van der Waals surface area contributed by atoms with Crippen LogP contribution in [0.2, 0.25) is 0 Å². The molecule has 0 unspecified atom stereocenters. The predicted octanol–water partition coefficient (Wildman–Crippen LogP) is 4.94. The van der Waals surface area contributed by atoms with Gasteiger partial charge in [0.05, 0.1) is 16.1 Å². The lowest BCUT2D eigenvalue weighted by molar-refractivity contribution is 0.0697. The number of nitrogens with zero attached hydrogens (tertiary/aromatic N) is 2. The van der Waals surface area contributed by atoms with Crippen LogP contribution in [0.25, 0.3) is 0 Å². The van der Waals surface area contributed by atoms with Crippen LogP contribution >= 0.6 is 0 Å². The molecule has 2 aliphatic rings. The van der Waals surface area contributed by atoms with Crippen molar-refractivity contribution in [1.82, 2.24) is 4.90 Å². The molecule has 0 radical (unpaired) electrons. The molecule has 1 saturated heterocycles. The maximum absolute atomic E-state index is 12.9. The fraction of sp³-hybridized carbons (Fsp3) is 0.519. The van der Waals surface area contributed by atoms with Gasteiger partial charge >= 0.3 is 5.97 Å². The van der Waals surface area contributed by atoms with Crippen molar-refractivity contribution in [2.45, 2.75) is 69.2 Å². The van der Waals surface area contributed by atoms with Crippen LogP contribution in [0.5, 0.6) is 0 Å². The summed E-state index contributed by atoms with van der Waals surface area (Å²) in [5.74, 6) is -1.06. The molecule has 1 saturated carbocycles. The molecule has 2 aromatic rings. The van der Waals surface area contributed by atoms with Gasteiger partial charge in [0.1, 0.15) is 0 Å². The summed E-state index contributed by atoms with van der Waals surface area (Å²) in [7, 11) is -3.84. The Hall–Kier alpha value is -2.58. The fourth-order valence-corrected chi connectivity index (χ4v) is 6.22. The SMILES string of the molecule is CC(C)(C)c1ccc(S(=O)(=O)Nc2ccc(N3CCN(C4CCCCC4)CC3)c(C(=O)O)c2)cc1. The van der Waals surface area contributed by atoms with Crippen LogP contribution in [0.3, 0.4) is 0 Å². The van der Waals surface area contributed by atoms with E-state index < -0.39 is 16.0 Å². The van der Waals surface area contributed by atoms with Crippen LogP contribution in [0.4, 0.5) is 11.4 Å². The van der Waals surface area contributed by atoms with Crippen LogP contribution in [-0.4, -0.2) is 56.6 Å². The first-order valence-corrected chi connectivity index (χ1v) is 14.0. The molecule has 2 aromatic carbocycles. The zero-order valence-corrected chi connectivity index (χ0v) is 21.8. The number of anilines is 2. The molecule has 0 spiro atoms. The number of sulfonamides is 1. The minimum Gasteiger partial charge on any atom is -0.478 e. The summed E-state index contributed by atoms with van der Waals surface area (Å²) >= 11 is 0. The highest BCUT2D eigenvalue weighted by Gasteiger charge is 2.27. The summed E-state index contributed by atoms with van der Waals surface area (Å²) < 4.78 is 28.4. The zero-order chi connectivity index (χ0) is 25.2. The van der Waals surface area contributed by atoms with E-state index in [4.69, 9.17) is 0 Å². The number of rotatable bonds is 6. The quantitative estimate of drug-likeness (QED) is 0.585. The molecule has 8 heteroatoms. The van der Waals surface area contributed by atoms with E-state index in [9.17, 15) is 18.3 Å². The summed E-state index contributed by atoms with van der Waals surface area (Å²) in [6, 6.07) is 12.2. The van der Waals surface area contributed by atoms with Crippen LogP contribution in [-0.2, 0) is 15.4 Å². The van der Waals surface area contributed by atoms with E-state index in [2.05, 4.69) is 35.3 Å². The molecule has 0 amide bonds. The maximum atomic E-state index is 12.9. The van der Waals surface area contributed by atoms with E-state index in [1.165, 1.54) is 38.2 Å². The number of carboxylic acids is 1.